The SMILES string of the molecule is O=C(Nc1ccc(Cl)c(Cl)c1)c1cccnc1Oc1cccc(C(F)(F)F)c1. The molecule has 3 aromatic rings. The monoisotopic (exact) mass is 426 g/mol. The van der Waals surface area contributed by atoms with Crippen LogP contribution in [0.3, 0.4) is 0 Å². The van der Waals surface area contributed by atoms with E-state index in [1.54, 1.807) is 6.07 Å². The quantitative estimate of drug-likeness (QED) is 0.521. The number of ether oxygens (including phenoxy) is 1. The molecule has 144 valence electrons. The molecular weight excluding hydrogens is 416 g/mol. The molecule has 0 unspecified atom stereocenters. The zero-order valence-corrected chi connectivity index (χ0v) is 15.4. The zero-order valence-electron chi connectivity index (χ0n) is 13.9. The lowest BCUT2D eigenvalue weighted by atomic mass is 10.2. The Morgan fingerprint density at radius 3 is 2.50 bits per heavy atom. The smallest absolute Gasteiger partial charge is 0.416 e. The Bertz CT molecular complexity index is 1030. The lowest BCUT2D eigenvalue weighted by molar-refractivity contribution is -0.137. The fraction of sp³-hybridized carbons (Fsp3) is 0.0526. The van der Waals surface area contributed by atoms with E-state index >= 15 is 0 Å². The van der Waals surface area contributed by atoms with Gasteiger partial charge in [0.05, 0.1) is 15.6 Å². The Hall–Kier alpha value is -2.77. The van der Waals surface area contributed by atoms with Crippen molar-refractivity contribution >= 4 is 34.8 Å². The van der Waals surface area contributed by atoms with Gasteiger partial charge in [0.1, 0.15) is 11.3 Å². The highest BCUT2D eigenvalue weighted by atomic mass is 35.5. The highest BCUT2D eigenvalue weighted by Gasteiger charge is 2.30. The largest absolute Gasteiger partial charge is 0.438 e. The molecule has 9 heteroatoms. The number of halogens is 5. The van der Waals surface area contributed by atoms with E-state index in [9.17, 15) is 18.0 Å². The van der Waals surface area contributed by atoms with Crippen LogP contribution in [0.2, 0.25) is 10.0 Å². The highest BCUT2D eigenvalue weighted by molar-refractivity contribution is 6.42. The van der Waals surface area contributed by atoms with E-state index in [-0.39, 0.29) is 22.2 Å². The number of aromatic nitrogens is 1. The van der Waals surface area contributed by atoms with Crippen LogP contribution in [0.1, 0.15) is 15.9 Å². The minimum atomic E-state index is -4.52. The van der Waals surface area contributed by atoms with Gasteiger partial charge in [-0.3, -0.25) is 4.79 Å². The van der Waals surface area contributed by atoms with E-state index in [1.807, 2.05) is 0 Å². The molecule has 1 heterocycles. The van der Waals surface area contributed by atoms with Crippen molar-refractivity contribution in [2.45, 2.75) is 6.18 Å². The molecule has 0 bridgehead atoms. The van der Waals surface area contributed by atoms with E-state index in [4.69, 9.17) is 27.9 Å². The number of hydrogen-bond donors (Lipinski definition) is 1. The number of carbonyl (C=O) groups excluding carboxylic acids is 1. The fourth-order valence-corrected chi connectivity index (χ4v) is 2.56. The number of rotatable bonds is 4. The summed E-state index contributed by atoms with van der Waals surface area (Å²) >= 11 is 11.8. The Morgan fingerprint density at radius 1 is 1.00 bits per heavy atom. The molecule has 0 atom stereocenters. The molecule has 0 aliphatic carbocycles. The van der Waals surface area contributed by atoms with E-state index in [1.165, 1.54) is 42.6 Å². The van der Waals surface area contributed by atoms with Gasteiger partial charge in [-0.05, 0) is 48.5 Å². The van der Waals surface area contributed by atoms with Crippen LogP contribution in [-0.4, -0.2) is 10.9 Å². The average molecular weight is 427 g/mol. The molecule has 1 aromatic heterocycles. The van der Waals surface area contributed by atoms with E-state index in [0.29, 0.717) is 10.7 Å². The molecule has 1 amide bonds. The van der Waals surface area contributed by atoms with Crippen molar-refractivity contribution in [3.05, 3.63) is 82.0 Å². The van der Waals surface area contributed by atoms with Crippen LogP contribution in [0.25, 0.3) is 0 Å². The van der Waals surface area contributed by atoms with Crippen LogP contribution in [-0.2, 0) is 6.18 Å². The second-order valence-corrected chi connectivity index (χ2v) is 6.38. The Kier molecular flexibility index (Phi) is 5.76. The minimum absolute atomic E-state index is 0.0333. The lowest BCUT2D eigenvalue weighted by Gasteiger charge is -2.12. The van der Waals surface area contributed by atoms with Gasteiger partial charge in [0.2, 0.25) is 5.88 Å². The molecule has 3 rings (SSSR count). The first-order valence-electron chi connectivity index (χ1n) is 7.80. The highest BCUT2D eigenvalue weighted by Crippen LogP contribution is 2.33. The predicted octanol–water partition coefficient (Wildman–Crippen LogP) is 6.45. The lowest BCUT2D eigenvalue weighted by Crippen LogP contribution is -2.13. The summed E-state index contributed by atoms with van der Waals surface area (Å²) in [5.74, 6) is -0.815. The second kappa shape index (κ2) is 8.08. The number of benzene rings is 2. The van der Waals surface area contributed by atoms with Gasteiger partial charge in [-0.1, -0.05) is 29.3 Å². The Morgan fingerprint density at radius 2 is 1.79 bits per heavy atom. The van der Waals surface area contributed by atoms with Crippen LogP contribution in [0.5, 0.6) is 11.6 Å². The number of pyridine rings is 1. The summed E-state index contributed by atoms with van der Waals surface area (Å²) < 4.78 is 44.0. The summed E-state index contributed by atoms with van der Waals surface area (Å²) in [7, 11) is 0. The maximum absolute atomic E-state index is 12.9. The van der Waals surface area contributed by atoms with Gasteiger partial charge < -0.3 is 10.1 Å². The first kappa shape index (κ1) is 20.0. The normalized spacial score (nSPS) is 11.2. The van der Waals surface area contributed by atoms with Crippen LogP contribution < -0.4 is 10.1 Å². The number of nitrogens with one attached hydrogen (secondary N) is 1. The zero-order chi connectivity index (χ0) is 20.3. The Labute approximate surface area is 167 Å². The van der Waals surface area contributed by atoms with Crippen molar-refractivity contribution in [1.29, 1.82) is 0 Å². The molecule has 28 heavy (non-hydrogen) atoms. The molecule has 4 nitrogen and oxygen atoms in total. The molecule has 0 saturated heterocycles. The Balaban J connectivity index is 1.85. The van der Waals surface area contributed by atoms with Crippen LogP contribution >= 0.6 is 23.2 Å². The third-order valence-corrected chi connectivity index (χ3v) is 4.31. The number of anilines is 1. The molecule has 0 aliphatic heterocycles. The summed E-state index contributed by atoms with van der Waals surface area (Å²) in [6.07, 6.45) is -3.16. The van der Waals surface area contributed by atoms with Gasteiger partial charge >= 0.3 is 6.18 Å². The van der Waals surface area contributed by atoms with Crippen molar-refractivity contribution < 1.29 is 22.7 Å². The first-order valence-corrected chi connectivity index (χ1v) is 8.56. The van der Waals surface area contributed by atoms with Gasteiger partial charge in [-0.15, -0.1) is 0 Å². The third-order valence-electron chi connectivity index (χ3n) is 3.57. The van der Waals surface area contributed by atoms with Crippen molar-refractivity contribution in [2.75, 3.05) is 5.32 Å². The third kappa shape index (κ3) is 4.74. The van der Waals surface area contributed by atoms with Gasteiger partial charge in [0, 0.05) is 11.9 Å². The van der Waals surface area contributed by atoms with Crippen LogP contribution in [0.4, 0.5) is 18.9 Å². The van der Waals surface area contributed by atoms with Gasteiger partial charge in [0.25, 0.3) is 5.91 Å². The van der Waals surface area contributed by atoms with Crippen molar-refractivity contribution in [1.82, 2.24) is 4.98 Å². The molecule has 0 saturated carbocycles. The van der Waals surface area contributed by atoms with E-state index < -0.39 is 17.6 Å². The average Bonchev–Trinajstić information content (AvgIpc) is 2.65. The number of alkyl halides is 3. The van der Waals surface area contributed by atoms with Crippen molar-refractivity contribution in [3.63, 3.8) is 0 Å². The predicted molar refractivity (Wildman–Crippen MR) is 100 cm³/mol. The molecule has 0 fully saturated rings. The fourth-order valence-electron chi connectivity index (χ4n) is 2.26. The molecule has 1 N–H and O–H groups in total. The van der Waals surface area contributed by atoms with E-state index in [0.717, 1.165) is 12.1 Å². The van der Waals surface area contributed by atoms with Gasteiger partial charge in [-0.25, -0.2) is 4.98 Å². The summed E-state index contributed by atoms with van der Waals surface area (Å²) in [6, 6.07) is 11.8. The molecule has 0 spiro atoms. The minimum Gasteiger partial charge on any atom is -0.438 e. The summed E-state index contributed by atoms with van der Waals surface area (Å²) in [6.45, 7) is 0. The summed E-state index contributed by atoms with van der Waals surface area (Å²) in [5.41, 5.74) is -0.456. The molecule has 2 aromatic carbocycles. The number of amides is 1. The van der Waals surface area contributed by atoms with Crippen molar-refractivity contribution in [2.24, 2.45) is 0 Å². The topological polar surface area (TPSA) is 51.2 Å². The number of nitrogens with zero attached hydrogens (tertiary/aromatic N) is 1. The van der Waals surface area contributed by atoms with Crippen molar-refractivity contribution in [3.8, 4) is 11.6 Å². The number of hydrogen-bond acceptors (Lipinski definition) is 3. The molecule has 0 aliphatic rings. The molecule has 0 radical (unpaired) electrons. The summed E-state index contributed by atoms with van der Waals surface area (Å²) in [5, 5.41) is 3.19. The molecular formula is C19H11Cl2F3N2O2. The van der Waals surface area contributed by atoms with Crippen LogP contribution in [0, 0.1) is 0 Å². The maximum Gasteiger partial charge on any atom is 0.416 e. The summed E-state index contributed by atoms with van der Waals surface area (Å²) in [4.78, 5) is 16.5. The van der Waals surface area contributed by atoms with E-state index in [2.05, 4.69) is 10.3 Å². The standard InChI is InChI=1S/C19H11Cl2F3N2O2/c20-15-7-6-12(10-16(15)21)26-17(27)14-5-2-8-25-18(14)28-13-4-1-3-11(9-13)19(22,23)24/h1-10H,(H,26,27). The van der Waals surface area contributed by atoms with Gasteiger partial charge in [-0.2, -0.15) is 13.2 Å². The van der Waals surface area contributed by atoms with Gasteiger partial charge in [0.15, 0.2) is 0 Å². The number of carbonyl (C=O) groups is 1. The first-order chi connectivity index (χ1) is 13.2. The second-order valence-electron chi connectivity index (χ2n) is 5.57. The maximum atomic E-state index is 12.9. The van der Waals surface area contributed by atoms with Crippen LogP contribution in [0.15, 0.2) is 60.8 Å².